The lowest BCUT2D eigenvalue weighted by Crippen LogP contribution is -2.43. The van der Waals surface area contributed by atoms with Crippen LogP contribution in [-0.4, -0.2) is 49.7 Å². The van der Waals surface area contributed by atoms with Crippen molar-refractivity contribution in [1.29, 1.82) is 0 Å². The van der Waals surface area contributed by atoms with Gasteiger partial charge in [-0.1, -0.05) is 128 Å². The van der Waals surface area contributed by atoms with E-state index >= 15 is 0 Å². The van der Waals surface area contributed by atoms with Gasteiger partial charge in [0.2, 0.25) is 0 Å². The number of allylic oxidation sites excluding steroid dienone is 4. The van der Waals surface area contributed by atoms with Crippen molar-refractivity contribution in [3.63, 3.8) is 0 Å². The molecule has 1 atom stereocenters. The fourth-order valence-corrected chi connectivity index (χ4v) is 6.19. The topological polar surface area (TPSA) is 55.8 Å². The lowest BCUT2D eigenvalue weighted by Gasteiger charge is -2.36. The quantitative estimate of drug-likeness (QED) is 0.0442. The maximum atomic E-state index is 13.2. The second kappa shape index (κ2) is 29.5. The molecule has 0 saturated carbocycles. The molecule has 0 amide bonds. The molecule has 1 fully saturated rings. The van der Waals surface area contributed by atoms with Crippen molar-refractivity contribution in [1.82, 2.24) is 4.90 Å². The summed E-state index contributed by atoms with van der Waals surface area (Å²) in [7, 11) is 2.11. The van der Waals surface area contributed by atoms with Crippen LogP contribution in [0.2, 0.25) is 0 Å². The van der Waals surface area contributed by atoms with Crippen LogP contribution < -0.4 is 0 Å². The first kappa shape index (κ1) is 42.4. The molecule has 0 bridgehead atoms. The number of nitrogens with zero attached hydrogens (tertiary/aromatic N) is 1. The summed E-state index contributed by atoms with van der Waals surface area (Å²) in [5.74, 6) is -0.175. The fourth-order valence-electron chi connectivity index (χ4n) is 6.19. The van der Waals surface area contributed by atoms with Gasteiger partial charge in [0.1, 0.15) is 6.10 Å². The molecule has 5 nitrogen and oxygen atoms in total. The Morgan fingerprint density at radius 3 is 1.78 bits per heavy atom. The van der Waals surface area contributed by atoms with Crippen LogP contribution in [0.5, 0.6) is 0 Å². The third-order valence-electron chi connectivity index (χ3n) is 9.77. The molecule has 1 aliphatic rings. The molecule has 0 aromatic rings. The lowest BCUT2D eigenvalue weighted by molar-refractivity contribution is -0.165. The van der Waals surface area contributed by atoms with E-state index in [-0.39, 0.29) is 18.0 Å². The Bertz CT molecular complexity index is 783. The normalized spacial score (nSPS) is 15.9. The highest BCUT2D eigenvalue weighted by molar-refractivity contribution is 5.76. The van der Waals surface area contributed by atoms with E-state index < -0.39 is 5.41 Å². The zero-order valence-electron chi connectivity index (χ0n) is 31.0. The Labute approximate surface area is 285 Å². The molecule has 1 heterocycles. The molecule has 46 heavy (non-hydrogen) atoms. The van der Waals surface area contributed by atoms with Gasteiger partial charge < -0.3 is 14.4 Å². The predicted octanol–water partition coefficient (Wildman–Crippen LogP) is 11.7. The van der Waals surface area contributed by atoms with Crippen molar-refractivity contribution in [2.45, 2.75) is 194 Å². The highest BCUT2D eigenvalue weighted by Crippen LogP contribution is 2.33. The van der Waals surface area contributed by atoms with E-state index in [1.54, 1.807) is 0 Å². The summed E-state index contributed by atoms with van der Waals surface area (Å²) >= 11 is 0. The first-order chi connectivity index (χ1) is 22.4. The highest BCUT2D eigenvalue weighted by Gasteiger charge is 2.38. The number of ether oxygens (including phenoxy) is 2. The van der Waals surface area contributed by atoms with Crippen molar-refractivity contribution in [3.05, 3.63) is 24.3 Å². The van der Waals surface area contributed by atoms with Crippen LogP contribution in [0.15, 0.2) is 24.3 Å². The summed E-state index contributed by atoms with van der Waals surface area (Å²) in [5.41, 5.74) is -0.402. The molecular weight excluding hydrogens is 570 g/mol. The maximum Gasteiger partial charge on any atom is 0.312 e. The van der Waals surface area contributed by atoms with Crippen LogP contribution >= 0.6 is 0 Å². The highest BCUT2D eigenvalue weighted by atomic mass is 16.6. The molecule has 0 aromatic heterocycles. The maximum absolute atomic E-state index is 13.2. The van der Waals surface area contributed by atoms with E-state index in [0.29, 0.717) is 19.4 Å². The van der Waals surface area contributed by atoms with Crippen LogP contribution in [0.25, 0.3) is 0 Å². The van der Waals surface area contributed by atoms with Crippen molar-refractivity contribution in [2.24, 2.45) is 5.41 Å². The largest absolute Gasteiger partial charge is 0.466 e. The van der Waals surface area contributed by atoms with Gasteiger partial charge in [0.25, 0.3) is 0 Å². The minimum Gasteiger partial charge on any atom is -0.466 e. The second-order valence-corrected chi connectivity index (χ2v) is 14.4. The Kier molecular flexibility index (Phi) is 27.2. The second-order valence-electron chi connectivity index (χ2n) is 14.4. The molecule has 0 aromatic carbocycles. The van der Waals surface area contributed by atoms with E-state index in [4.69, 9.17) is 9.47 Å². The Morgan fingerprint density at radius 2 is 1.17 bits per heavy atom. The minimum absolute atomic E-state index is 0.0610. The number of piperidine rings is 1. The average molecular weight is 646 g/mol. The number of hydrogen-bond donors (Lipinski definition) is 0. The molecule has 268 valence electrons. The van der Waals surface area contributed by atoms with Gasteiger partial charge >= 0.3 is 11.9 Å². The lowest BCUT2D eigenvalue weighted by atomic mass is 9.80. The first-order valence-corrected chi connectivity index (χ1v) is 19.8. The first-order valence-electron chi connectivity index (χ1n) is 19.8. The Hall–Kier alpha value is -1.62. The molecule has 5 heteroatoms. The van der Waals surface area contributed by atoms with Crippen molar-refractivity contribution in [2.75, 3.05) is 26.7 Å². The van der Waals surface area contributed by atoms with E-state index in [1.165, 1.54) is 103 Å². The van der Waals surface area contributed by atoms with Gasteiger partial charge in [0.15, 0.2) is 0 Å². The molecular formula is C41H75NO4. The summed E-state index contributed by atoms with van der Waals surface area (Å²) in [6.45, 7) is 8.78. The molecule has 0 N–H and O–H groups in total. The predicted molar refractivity (Wildman–Crippen MR) is 196 cm³/mol. The zero-order chi connectivity index (χ0) is 33.6. The van der Waals surface area contributed by atoms with Gasteiger partial charge in [-0.25, -0.2) is 0 Å². The van der Waals surface area contributed by atoms with Gasteiger partial charge in [0.05, 0.1) is 12.0 Å². The van der Waals surface area contributed by atoms with Gasteiger partial charge in [-0.2, -0.15) is 0 Å². The third-order valence-corrected chi connectivity index (χ3v) is 9.77. The van der Waals surface area contributed by atoms with Crippen LogP contribution in [0.3, 0.4) is 0 Å². The number of esters is 2. The smallest absolute Gasteiger partial charge is 0.312 e. The summed E-state index contributed by atoms with van der Waals surface area (Å²) in [6.07, 6.45) is 38.5. The van der Waals surface area contributed by atoms with Crippen molar-refractivity contribution in [3.8, 4) is 0 Å². The zero-order valence-corrected chi connectivity index (χ0v) is 31.0. The van der Waals surface area contributed by atoms with Crippen molar-refractivity contribution >= 4 is 11.9 Å². The number of unbranched alkanes of at least 4 members (excludes halogenated alkanes) is 17. The van der Waals surface area contributed by atoms with E-state index in [1.807, 2.05) is 0 Å². The third kappa shape index (κ3) is 23.7. The Balaban J connectivity index is 2.24. The standard InChI is InChI=1S/C41H75NO4/c1-5-7-9-11-13-15-17-18-19-20-21-23-25-27-29-31-39(43)45-37-32-38(30-28-26-24-22-16-14-12-10-8-6-2)46-40(44)41(3)33-35-42(4)36-34-41/h13,15,18-19,38H,5-12,14,16-17,20-37H2,1-4H3. The molecule has 0 aliphatic carbocycles. The number of likely N-dealkylation sites (tertiary alicyclic amines) is 1. The number of carbonyl (C=O) groups is 2. The number of rotatable bonds is 30. The summed E-state index contributed by atoms with van der Waals surface area (Å²) < 4.78 is 11.7. The summed E-state index contributed by atoms with van der Waals surface area (Å²) in [5, 5.41) is 0. The summed E-state index contributed by atoms with van der Waals surface area (Å²) in [6, 6.07) is 0. The van der Waals surface area contributed by atoms with E-state index in [9.17, 15) is 9.59 Å². The van der Waals surface area contributed by atoms with Gasteiger partial charge in [-0.3, -0.25) is 9.59 Å². The fraction of sp³-hybridized carbons (Fsp3) is 0.854. The van der Waals surface area contributed by atoms with Crippen molar-refractivity contribution < 1.29 is 19.1 Å². The van der Waals surface area contributed by atoms with E-state index in [0.717, 1.165) is 64.5 Å². The monoisotopic (exact) mass is 646 g/mol. The number of carbonyl (C=O) groups excluding carboxylic acids is 2. The van der Waals surface area contributed by atoms with Crippen LogP contribution in [0.1, 0.15) is 188 Å². The summed E-state index contributed by atoms with van der Waals surface area (Å²) in [4.78, 5) is 27.9. The van der Waals surface area contributed by atoms with Gasteiger partial charge in [0, 0.05) is 12.8 Å². The molecule has 0 spiro atoms. The minimum atomic E-state index is -0.402. The van der Waals surface area contributed by atoms with Crippen LogP contribution in [0.4, 0.5) is 0 Å². The molecule has 0 radical (unpaired) electrons. The molecule has 1 unspecified atom stereocenters. The van der Waals surface area contributed by atoms with Gasteiger partial charge in [-0.15, -0.1) is 0 Å². The van der Waals surface area contributed by atoms with Crippen LogP contribution in [0, 0.1) is 5.41 Å². The number of hydrogen-bond acceptors (Lipinski definition) is 5. The van der Waals surface area contributed by atoms with Gasteiger partial charge in [-0.05, 0) is 91.3 Å². The SMILES string of the molecule is CCCCCC=CCC=CCCCCCCCC(=O)OCCC(CCCCCCCCCCCC)OC(=O)C1(C)CCN(C)CC1. The molecule has 1 aliphatic heterocycles. The molecule has 1 saturated heterocycles. The Morgan fingerprint density at radius 1 is 0.674 bits per heavy atom. The average Bonchev–Trinajstić information content (AvgIpc) is 3.05. The van der Waals surface area contributed by atoms with Crippen LogP contribution in [-0.2, 0) is 19.1 Å². The molecule has 1 rings (SSSR count). The van der Waals surface area contributed by atoms with E-state index in [2.05, 4.69) is 57.0 Å².